The highest BCUT2D eigenvalue weighted by molar-refractivity contribution is 8.03. The van der Waals surface area contributed by atoms with E-state index in [0.717, 1.165) is 29.2 Å². The summed E-state index contributed by atoms with van der Waals surface area (Å²) in [5.74, 6) is -0.0248. The summed E-state index contributed by atoms with van der Waals surface area (Å²) < 4.78 is 62.2. The molecule has 0 atom stereocenters. The third-order valence-corrected chi connectivity index (χ3v) is 7.73. The van der Waals surface area contributed by atoms with Crippen LogP contribution in [0.25, 0.3) is 0 Å². The van der Waals surface area contributed by atoms with Crippen molar-refractivity contribution in [1.82, 2.24) is 5.32 Å². The molecule has 1 N–H and O–H groups in total. The summed E-state index contributed by atoms with van der Waals surface area (Å²) in [6.45, 7) is 5.85. The predicted molar refractivity (Wildman–Crippen MR) is 95.5 cm³/mol. The van der Waals surface area contributed by atoms with E-state index >= 15 is 0 Å². The summed E-state index contributed by atoms with van der Waals surface area (Å²) in [6.07, 6.45) is -3.64. The second-order valence-electron chi connectivity index (χ2n) is 6.18. The van der Waals surface area contributed by atoms with Crippen LogP contribution < -0.4 is 5.32 Å². The van der Waals surface area contributed by atoms with E-state index in [9.17, 15) is 26.4 Å². The maximum absolute atomic E-state index is 12.9. The van der Waals surface area contributed by atoms with Crippen molar-refractivity contribution in [3.8, 4) is 0 Å². The van der Waals surface area contributed by atoms with Crippen LogP contribution in [0, 0.1) is 0 Å². The van der Waals surface area contributed by atoms with E-state index in [4.69, 9.17) is 0 Å². The molecule has 1 amide bonds. The third kappa shape index (κ3) is 4.09. The van der Waals surface area contributed by atoms with Crippen LogP contribution in [0.15, 0.2) is 40.6 Å². The standard InChI is InChI=1S/C17H20F3NO3S2/c1-12(2)25-11-10-21-15(22)16(8-3-9-16)26(23,24)14-6-4-13(5-7-14)17(18,19)20/h4-7H,1,3,8-11H2,2H3,(H,21,22). The highest BCUT2D eigenvalue weighted by Crippen LogP contribution is 2.43. The maximum atomic E-state index is 12.9. The van der Waals surface area contributed by atoms with Crippen LogP contribution in [-0.2, 0) is 20.8 Å². The lowest BCUT2D eigenvalue weighted by Gasteiger charge is -2.39. The number of allylic oxidation sites excluding steroid dienone is 1. The van der Waals surface area contributed by atoms with Gasteiger partial charge in [-0.2, -0.15) is 13.2 Å². The number of sulfone groups is 1. The van der Waals surface area contributed by atoms with E-state index in [1.807, 2.05) is 6.92 Å². The first kappa shape index (κ1) is 20.8. The van der Waals surface area contributed by atoms with Gasteiger partial charge in [0.05, 0.1) is 10.5 Å². The van der Waals surface area contributed by atoms with Crippen LogP contribution in [0.2, 0.25) is 0 Å². The predicted octanol–water partition coefficient (Wildman–Crippen LogP) is 3.78. The fourth-order valence-electron chi connectivity index (χ4n) is 2.72. The van der Waals surface area contributed by atoms with Gasteiger partial charge in [0.25, 0.3) is 0 Å². The summed E-state index contributed by atoms with van der Waals surface area (Å²) in [5.41, 5.74) is -0.930. The Morgan fingerprint density at radius 2 is 1.85 bits per heavy atom. The second-order valence-corrected chi connectivity index (χ2v) is 9.83. The van der Waals surface area contributed by atoms with Gasteiger partial charge in [0.1, 0.15) is 0 Å². The summed E-state index contributed by atoms with van der Waals surface area (Å²) >= 11 is 1.45. The van der Waals surface area contributed by atoms with Crippen LogP contribution in [0.1, 0.15) is 31.7 Å². The normalized spacial score (nSPS) is 16.6. The number of carbonyl (C=O) groups excluding carboxylic acids is 1. The van der Waals surface area contributed by atoms with Crippen molar-refractivity contribution in [3.05, 3.63) is 41.3 Å². The van der Waals surface area contributed by atoms with Crippen molar-refractivity contribution in [2.24, 2.45) is 0 Å². The van der Waals surface area contributed by atoms with E-state index < -0.39 is 32.2 Å². The second kappa shape index (κ2) is 7.64. The highest BCUT2D eigenvalue weighted by Gasteiger charge is 2.55. The van der Waals surface area contributed by atoms with E-state index in [2.05, 4.69) is 11.9 Å². The number of amides is 1. The molecule has 1 aliphatic rings. The molecule has 1 saturated carbocycles. The van der Waals surface area contributed by atoms with Crippen molar-refractivity contribution >= 4 is 27.5 Å². The van der Waals surface area contributed by atoms with Crippen molar-refractivity contribution in [2.45, 2.75) is 42.0 Å². The van der Waals surface area contributed by atoms with Crippen molar-refractivity contribution in [1.29, 1.82) is 0 Å². The number of nitrogens with one attached hydrogen (secondary N) is 1. The van der Waals surface area contributed by atoms with Gasteiger partial charge in [-0.3, -0.25) is 4.79 Å². The zero-order valence-electron chi connectivity index (χ0n) is 14.2. The average Bonchev–Trinajstić information content (AvgIpc) is 2.49. The fraction of sp³-hybridized carbons (Fsp3) is 0.471. The minimum atomic E-state index is -4.55. The van der Waals surface area contributed by atoms with Crippen LogP contribution >= 0.6 is 11.8 Å². The van der Waals surface area contributed by atoms with Crippen LogP contribution in [0.3, 0.4) is 0 Å². The Morgan fingerprint density at radius 1 is 1.27 bits per heavy atom. The molecular formula is C17H20F3NO3S2. The van der Waals surface area contributed by atoms with E-state index in [1.165, 1.54) is 11.8 Å². The number of benzene rings is 1. The number of carbonyl (C=O) groups is 1. The first-order valence-electron chi connectivity index (χ1n) is 7.99. The average molecular weight is 407 g/mol. The maximum Gasteiger partial charge on any atom is 0.416 e. The lowest BCUT2D eigenvalue weighted by atomic mass is 9.83. The fourth-order valence-corrected chi connectivity index (χ4v) is 5.36. The smallest absolute Gasteiger partial charge is 0.354 e. The first-order chi connectivity index (χ1) is 12.0. The molecule has 26 heavy (non-hydrogen) atoms. The highest BCUT2D eigenvalue weighted by atomic mass is 32.2. The molecule has 1 aromatic carbocycles. The van der Waals surface area contributed by atoms with Gasteiger partial charge in [-0.1, -0.05) is 6.58 Å². The zero-order chi connectivity index (χ0) is 19.6. The Bertz CT molecular complexity index is 782. The van der Waals surface area contributed by atoms with Crippen molar-refractivity contribution in [2.75, 3.05) is 12.3 Å². The van der Waals surface area contributed by atoms with E-state index in [0.29, 0.717) is 18.7 Å². The number of rotatable bonds is 7. The number of alkyl halides is 3. The molecule has 1 aromatic rings. The van der Waals surface area contributed by atoms with Gasteiger partial charge in [0.15, 0.2) is 14.6 Å². The molecule has 2 rings (SSSR count). The first-order valence-corrected chi connectivity index (χ1v) is 10.5. The largest absolute Gasteiger partial charge is 0.416 e. The van der Waals surface area contributed by atoms with Gasteiger partial charge in [-0.15, -0.1) is 11.8 Å². The third-order valence-electron chi connectivity index (χ3n) is 4.32. The Kier molecular flexibility index (Phi) is 6.12. The lowest BCUT2D eigenvalue weighted by molar-refractivity contribution is -0.137. The minimum Gasteiger partial charge on any atom is -0.354 e. The Morgan fingerprint density at radius 3 is 2.27 bits per heavy atom. The summed E-state index contributed by atoms with van der Waals surface area (Å²) in [7, 11) is -4.08. The molecule has 0 bridgehead atoms. The molecule has 0 saturated heterocycles. The van der Waals surface area contributed by atoms with Gasteiger partial charge in [-0.05, 0) is 55.4 Å². The van der Waals surface area contributed by atoms with Gasteiger partial charge in [0.2, 0.25) is 5.91 Å². The number of halogens is 3. The molecule has 144 valence electrons. The SMILES string of the molecule is C=C(C)SCCNC(=O)C1(S(=O)(=O)c2ccc(C(F)(F)F)cc2)CCC1. The minimum absolute atomic E-state index is 0.163. The number of hydrogen-bond donors (Lipinski definition) is 1. The molecule has 0 aromatic heterocycles. The van der Waals surface area contributed by atoms with Gasteiger partial charge < -0.3 is 5.32 Å². The van der Waals surface area contributed by atoms with Crippen LogP contribution in [0.4, 0.5) is 13.2 Å². The van der Waals surface area contributed by atoms with Gasteiger partial charge >= 0.3 is 6.18 Å². The van der Waals surface area contributed by atoms with Gasteiger partial charge in [-0.25, -0.2) is 8.42 Å². The van der Waals surface area contributed by atoms with Gasteiger partial charge in [0, 0.05) is 12.3 Å². The molecule has 1 fully saturated rings. The monoisotopic (exact) mass is 407 g/mol. The topological polar surface area (TPSA) is 63.2 Å². The quantitative estimate of drug-likeness (QED) is 0.699. The Hall–Kier alpha value is -1.48. The zero-order valence-corrected chi connectivity index (χ0v) is 15.9. The molecule has 0 spiro atoms. The molecule has 0 aliphatic heterocycles. The molecule has 9 heteroatoms. The summed E-state index contributed by atoms with van der Waals surface area (Å²) in [5, 5.41) is 2.63. The van der Waals surface area contributed by atoms with Crippen LogP contribution in [-0.4, -0.2) is 31.4 Å². The van der Waals surface area contributed by atoms with E-state index in [-0.39, 0.29) is 17.7 Å². The number of hydrogen-bond acceptors (Lipinski definition) is 4. The molecular weight excluding hydrogens is 387 g/mol. The van der Waals surface area contributed by atoms with Crippen molar-refractivity contribution in [3.63, 3.8) is 0 Å². The molecule has 0 radical (unpaired) electrons. The van der Waals surface area contributed by atoms with Crippen LogP contribution in [0.5, 0.6) is 0 Å². The lowest BCUT2D eigenvalue weighted by Crippen LogP contribution is -2.57. The van der Waals surface area contributed by atoms with E-state index in [1.54, 1.807) is 0 Å². The number of thioether (sulfide) groups is 1. The van der Waals surface area contributed by atoms with Crippen molar-refractivity contribution < 1.29 is 26.4 Å². The molecule has 0 heterocycles. The molecule has 0 unspecified atom stereocenters. The Labute approximate surface area is 155 Å². The summed E-state index contributed by atoms with van der Waals surface area (Å²) in [4.78, 5) is 13.2. The molecule has 4 nitrogen and oxygen atoms in total. The molecule has 1 aliphatic carbocycles. The Balaban J connectivity index is 2.19. The summed E-state index contributed by atoms with van der Waals surface area (Å²) in [6, 6.07) is 3.28.